The molecule has 2 unspecified atom stereocenters. The molecule has 0 aromatic rings. The number of carbonyl (C=O) groups is 1. The summed E-state index contributed by atoms with van der Waals surface area (Å²) in [6.45, 7) is 6.97. The number of carbonyl (C=O) groups excluding carboxylic acids is 1. The molecule has 0 bridgehead atoms. The molecule has 22 heavy (non-hydrogen) atoms. The lowest BCUT2D eigenvalue weighted by atomic mass is 10.1. The standard InChI is InChI=1S/C17H38O3Si2/c1-4-5-6-7-8-9-10-11-12-13-14-19-17(18)16(2)15-22(3)20-21/h16,22H,4-15H2,1-3,21H3. The van der Waals surface area contributed by atoms with E-state index in [-0.39, 0.29) is 11.9 Å². The molecule has 5 heteroatoms. The van der Waals surface area contributed by atoms with Gasteiger partial charge in [0.05, 0.1) is 12.5 Å². The topological polar surface area (TPSA) is 35.5 Å². The summed E-state index contributed by atoms with van der Waals surface area (Å²) >= 11 is 0. The van der Waals surface area contributed by atoms with Gasteiger partial charge in [-0.2, -0.15) is 0 Å². The van der Waals surface area contributed by atoms with Gasteiger partial charge in [0.15, 0.2) is 9.04 Å². The van der Waals surface area contributed by atoms with E-state index in [1.54, 1.807) is 0 Å². The van der Waals surface area contributed by atoms with E-state index in [9.17, 15) is 4.79 Å². The molecule has 0 N–H and O–H groups in total. The van der Waals surface area contributed by atoms with Crippen LogP contribution in [0.3, 0.4) is 0 Å². The third kappa shape index (κ3) is 13.5. The van der Waals surface area contributed by atoms with E-state index >= 15 is 0 Å². The summed E-state index contributed by atoms with van der Waals surface area (Å²) in [5.74, 6) is -0.0206. The zero-order chi connectivity index (χ0) is 16.6. The van der Waals surface area contributed by atoms with Crippen molar-refractivity contribution in [2.24, 2.45) is 5.92 Å². The first-order valence-corrected chi connectivity index (χ1v) is 12.6. The molecule has 0 radical (unpaired) electrons. The molecular weight excluding hydrogens is 308 g/mol. The highest BCUT2D eigenvalue weighted by Gasteiger charge is 2.18. The van der Waals surface area contributed by atoms with Crippen molar-refractivity contribution >= 4 is 25.5 Å². The van der Waals surface area contributed by atoms with Gasteiger partial charge in [0.2, 0.25) is 0 Å². The van der Waals surface area contributed by atoms with Crippen molar-refractivity contribution in [2.75, 3.05) is 6.61 Å². The van der Waals surface area contributed by atoms with Gasteiger partial charge in [-0.1, -0.05) is 71.6 Å². The monoisotopic (exact) mass is 346 g/mol. The van der Waals surface area contributed by atoms with E-state index in [0.29, 0.717) is 6.61 Å². The van der Waals surface area contributed by atoms with Crippen LogP contribution in [0.25, 0.3) is 0 Å². The van der Waals surface area contributed by atoms with Crippen LogP contribution in [0.15, 0.2) is 0 Å². The second kappa shape index (κ2) is 15.7. The quantitative estimate of drug-likeness (QED) is 0.257. The zero-order valence-corrected chi connectivity index (χ0v) is 18.5. The van der Waals surface area contributed by atoms with Crippen LogP contribution in [0.4, 0.5) is 0 Å². The molecule has 0 aromatic heterocycles. The van der Waals surface area contributed by atoms with Crippen molar-refractivity contribution in [1.29, 1.82) is 0 Å². The Morgan fingerprint density at radius 3 is 2.00 bits per heavy atom. The van der Waals surface area contributed by atoms with Crippen LogP contribution in [0.5, 0.6) is 0 Å². The van der Waals surface area contributed by atoms with Gasteiger partial charge in [0.25, 0.3) is 0 Å². The fourth-order valence-electron chi connectivity index (χ4n) is 2.59. The Hall–Kier alpha value is -0.136. The number of esters is 1. The number of hydrogen-bond acceptors (Lipinski definition) is 3. The Kier molecular flexibility index (Phi) is 15.7. The molecule has 0 aliphatic heterocycles. The third-order valence-electron chi connectivity index (χ3n) is 4.23. The molecule has 0 aliphatic rings. The Morgan fingerprint density at radius 1 is 1.00 bits per heavy atom. The van der Waals surface area contributed by atoms with Crippen molar-refractivity contribution in [3.8, 4) is 0 Å². The molecule has 0 rings (SSSR count). The molecule has 132 valence electrons. The maximum absolute atomic E-state index is 11.8. The van der Waals surface area contributed by atoms with Crippen molar-refractivity contribution in [3.63, 3.8) is 0 Å². The molecule has 0 heterocycles. The van der Waals surface area contributed by atoms with Gasteiger partial charge in [0, 0.05) is 0 Å². The smallest absolute Gasteiger partial charge is 0.308 e. The second-order valence-corrected chi connectivity index (χ2v) is 10.5. The van der Waals surface area contributed by atoms with Crippen LogP contribution in [-0.2, 0) is 13.6 Å². The number of rotatable bonds is 15. The first-order valence-electron chi connectivity index (χ1n) is 9.31. The van der Waals surface area contributed by atoms with E-state index in [1.807, 2.05) is 6.92 Å². The van der Waals surface area contributed by atoms with Crippen LogP contribution >= 0.6 is 0 Å². The van der Waals surface area contributed by atoms with Gasteiger partial charge < -0.3 is 8.85 Å². The molecule has 0 fully saturated rings. The predicted molar refractivity (Wildman–Crippen MR) is 101 cm³/mol. The second-order valence-electron chi connectivity index (χ2n) is 6.53. The summed E-state index contributed by atoms with van der Waals surface area (Å²) in [4.78, 5) is 11.8. The minimum atomic E-state index is -1.11. The Bertz CT molecular complexity index is 262. The fourth-order valence-corrected chi connectivity index (χ4v) is 4.55. The lowest BCUT2D eigenvalue weighted by Gasteiger charge is -2.14. The molecule has 0 spiro atoms. The largest absolute Gasteiger partial charge is 0.466 e. The van der Waals surface area contributed by atoms with Crippen LogP contribution in [-0.4, -0.2) is 32.1 Å². The summed E-state index contributed by atoms with van der Waals surface area (Å²) < 4.78 is 10.8. The molecule has 2 atom stereocenters. The van der Waals surface area contributed by atoms with E-state index in [1.165, 1.54) is 57.8 Å². The molecule has 0 aliphatic carbocycles. The number of unbranched alkanes of at least 4 members (excludes halogenated alkanes) is 9. The summed E-state index contributed by atoms with van der Waals surface area (Å²) in [5.41, 5.74) is 0. The molecule has 0 saturated heterocycles. The average Bonchev–Trinajstić information content (AvgIpc) is 2.52. The minimum Gasteiger partial charge on any atom is -0.466 e. The van der Waals surface area contributed by atoms with E-state index in [2.05, 4.69) is 13.5 Å². The normalized spacial score (nSPS) is 14.0. The highest BCUT2D eigenvalue weighted by molar-refractivity contribution is 6.54. The van der Waals surface area contributed by atoms with Crippen LogP contribution in [0.2, 0.25) is 12.6 Å². The van der Waals surface area contributed by atoms with Gasteiger partial charge in [-0.15, -0.1) is 0 Å². The lowest BCUT2D eigenvalue weighted by molar-refractivity contribution is -0.147. The first-order chi connectivity index (χ1) is 10.6. The first kappa shape index (κ1) is 21.9. The Labute approximate surface area is 142 Å². The Balaban J connectivity index is 3.33. The molecule has 3 nitrogen and oxygen atoms in total. The maximum atomic E-state index is 11.8. The molecule has 0 saturated carbocycles. The zero-order valence-electron chi connectivity index (χ0n) is 15.4. The van der Waals surface area contributed by atoms with Crippen molar-refractivity contribution in [3.05, 3.63) is 0 Å². The molecule has 0 aromatic carbocycles. The van der Waals surface area contributed by atoms with Crippen molar-refractivity contribution < 1.29 is 13.6 Å². The van der Waals surface area contributed by atoms with E-state index < -0.39 is 9.04 Å². The van der Waals surface area contributed by atoms with Crippen LogP contribution in [0.1, 0.15) is 78.1 Å². The summed E-state index contributed by atoms with van der Waals surface area (Å²) in [5, 5.41) is 0. The van der Waals surface area contributed by atoms with Gasteiger partial charge in [-0.05, 0) is 19.0 Å². The third-order valence-corrected chi connectivity index (χ3v) is 8.82. The van der Waals surface area contributed by atoms with Crippen molar-refractivity contribution in [2.45, 2.75) is 90.6 Å². The van der Waals surface area contributed by atoms with Gasteiger partial charge >= 0.3 is 5.97 Å². The maximum Gasteiger partial charge on any atom is 0.308 e. The molecular formula is C17H38O3Si2. The SMILES string of the molecule is CCCCCCCCCCCCOC(=O)C(C)C[SiH](C)O[SiH3]. The number of hydrogen-bond donors (Lipinski definition) is 0. The Morgan fingerprint density at radius 2 is 1.50 bits per heavy atom. The average molecular weight is 347 g/mol. The van der Waals surface area contributed by atoms with E-state index in [0.717, 1.165) is 23.0 Å². The minimum absolute atomic E-state index is 0.0127. The summed E-state index contributed by atoms with van der Waals surface area (Å²) in [6, 6.07) is 0.903. The van der Waals surface area contributed by atoms with Crippen LogP contribution < -0.4 is 0 Å². The van der Waals surface area contributed by atoms with Crippen LogP contribution in [0, 0.1) is 5.92 Å². The highest BCUT2D eigenvalue weighted by Crippen LogP contribution is 2.12. The fraction of sp³-hybridized carbons (Fsp3) is 0.941. The highest BCUT2D eigenvalue weighted by atomic mass is 28.3. The van der Waals surface area contributed by atoms with Gasteiger partial charge in [-0.25, -0.2) is 0 Å². The lowest BCUT2D eigenvalue weighted by Crippen LogP contribution is -2.22. The van der Waals surface area contributed by atoms with Crippen molar-refractivity contribution in [1.82, 2.24) is 0 Å². The van der Waals surface area contributed by atoms with E-state index in [4.69, 9.17) is 8.85 Å². The van der Waals surface area contributed by atoms with Gasteiger partial charge in [0.1, 0.15) is 10.5 Å². The summed E-state index contributed by atoms with van der Waals surface area (Å²) in [7, 11) is -0.318. The summed E-state index contributed by atoms with van der Waals surface area (Å²) in [6.07, 6.45) is 13.1. The predicted octanol–water partition coefficient (Wildman–Crippen LogP) is 3.74. The molecule has 0 amide bonds. The van der Waals surface area contributed by atoms with Gasteiger partial charge in [-0.3, -0.25) is 4.79 Å². The number of ether oxygens (including phenoxy) is 1.